The third-order valence-electron chi connectivity index (χ3n) is 2.81. The molecule has 1 heterocycles. The van der Waals surface area contributed by atoms with Gasteiger partial charge in [-0.1, -0.05) is 12.2 Å². The first-order valence-corrected chi connectivity index (χ1v) is 5.02. The number of imide groups is 1. The van der Waals surface area contributed by atoms with Crippen LogP contribution in [0.3, 0.4) is 0 Å². The van der Waals surface area contributed by atoms with E-state index in [0.717, 1.165) is 25.7 Å². The number of allylic oxidation sites excluding steroid dienone is 2. The minimum absolute atomic E-state index is 0.176. The third-order valence-corrected chi connectivity index (χ3v) is 2.81. The molecule has 3 amide bonds. The van der Waals surface area contributed by atoms with Crippen molar-refractivity contribution in [2.24, 2.45) is 5.92 Å². The normalized spacial score (nSPS) is 31.4. The molecule has 2 unspecified atom stereocenters. The van der Waals surface area contributed by atoms with Crippen LogP contribution in [-0.4, -0.2) is 18.0 Å². The summed E-state index contributed by atoms with van der Waals surface area (Å²) in [7, 11) is 0. The molecule has 0 radical (unpaired) electrons. The van der Waals surface area contributed by atoms with Crippen molar-refractivity contribution < 1.29 is 9.59 Å². The van der Waals surface area contributed by atoms with E-state index in [1.807, 2.05) is 0 Å². The monoisotopic (exact) mass is 194 g/mol. The van der Waals surface area contributed by atoms with Crippen LogP contribution in [0.15, 0.2) is 12.2 Å². The van der Waals surface area contributed by atoms with E-state index in [1.54, 1.807) is 0 Å². The van der Waals surface area contributed by atoms with Crippen molar-refractivity contribution in [3.63, 3.8) is 0 Å². The van der Waals surface area contributed by atoms with Crippen LogP contribution in [0.1, 0.15) is 25.7 Å². The first-order valence-electron chi connectivity index (χ1n) is 5.02. The van der Waals surface area contributed by atoms with Crippen molar-refractivity contribution in [3.8, 4) is 0 Å². The fourth-order valence-electron chi connectivity index (χ4n) is 2.03. The van der Waals surface area contributed by atoms with Gasteiger partial charge in [0.15, 0.2) is 0 Å². The molecule has 0 saturated carbocycles. The van der Waals surface area contributed by atoms with Crippen molar-refractivity contribution in [2.75, 3.05) is 0 Å². The lowest BCUT2D eigenvalue weighted by atomic mass is 9.88. The molecule has 1 fully saturated rings. The number of carbonyl (C=O) groups is 2. The lowest BCUT2D eigenvalue weighted by Gasteiger charge is -2.19. The Labute approximate surface area is 82.7 Å². The summed E-state index contributed by atoms with van der Waals surface area (Å²) >= 11 is 0. The number of hydrogen-bond donors (Lipinski definition) is 2. The highest BCUT2D eigenvalue weighted by atomic mass is 16.2. The molecule has 0 aromatic carbocycles. The average Bonchev–Trinajstić information content (AvgIpc) is 2.47. The maximum absolute atomic E-state index is 11.2. The van der Waals surface area contributed by atoms with Gasteiger partial charge in [-0.3, -0.25) is 10.1 Å². The first-order chi connectivity index (χ1) is 6.75. The second kappa shape index (κ2) is 3.82. The summed E-state index contributed by atoms with van der Waals surface area (Å²) in [4.78, 5) is 22.1. The Kier molecular flexibility index (Phi) is 2.52. The summed E-state index contributed by atoms with van der Waals surface area (Å²) in [6, 6.07) is -0.662. The topological polar surface area (TPSA) is 58.2 Å². The highest BCUT2D eigenvalue weighted by Gasteiger charge is 2.31. The van der Waals surface area contributed by atoms with Gasteiger partial charge < -0.3 is 5.32 Å². The lowest BCUT2D eigenvalue weighted by molar-refractivity contribution is -0.120. The zero-order chi connectivity index (χ0) is 9.97. The van der Waals surface area contributed by atoms with E-state index < -0.39 is 0 Å². The van der Waals surface area contributed by atoms with Gasteiger partial charge in [-0.25, -0.2) is 4.79 Å². The zero-order valence-electron chi connectivity index (χ0n) is 7.95. The fraction of sp³-hybridized carbons (Fsp3) is 0.600. The minimum Gasteiger partial charge on any atom is -0.326 e. The molecule has 0 bridgehead atoms. The molecule has 2 N–H and O–H groups in total. The number of hydrogen-bond acceptors (Lipinski definition) is 2. The van der Waals surface area contributed by atoms with Gasteiger partial charge in [0.1, 0.15) is 6.04 Å². The van der Waals surface area contributed by atoms with Crippen LogP contribution in [-0.2, 0) is 4.79 Å². The molecule has 2 aliphatic rings. The van der Waals surface area contributed by atoms with E-state index in [4.69, 9.17) is 0 Å². The smallest absolute Gasteiger partial charge is 0.322 e. The molecule has 2 atom stereocenters. The lowest BCUT2D eigenvalue weighted by Crippen LogP contribution is -2.31. The van der Waals surface area contributed by atoms with Crippen LogP contribution in [0.25, 0.3) is 0 Å². The second-order valence-electron chi connectivity index (χ2n) is 3.90. The number of nitrogens with one attached hydrogen (secondary N) is 2. The van der Waals surface area contributed by atoms with Gasteiger partial charge in [-0.05, 0) is 31.6 Å². The highest BCUT2D eigenvalue weighted by Crippen LogP contribution is 2.23. The zero-order valence-corrected chi connectivity index (χ0v) is 7.95. The highest BCUT2D eigenvalue weighted by molar-refractivity contribution is 6.04. The van der Waals surface area contributed by atoms with Gasteiger partial charge in [0, 0.05) is 0 Å². The molecule has 0 spiro atoms. The second-order valence-corrected chi connectivity index (χ2v) is 3.90. The van der Waals surface area contributed by atoms with Crippen LogP contribution in [0.2, 0.25) is 0 Å². The number of carbonyl (C=O) groups excluding carboxylic acids is 2. The molecule has 76 valence electrons. The Bertz CT molecular complexity index is 286. The van der Waals surface area contributed by atoms with Crippen molar-refractivity contribution in [3.05, 3.63) is 12.2 Å². The minimum atomic E-state index is -0.355. The molecular weight excluding hydrogens is 180 g/mol. The van der Waals surface area contributed by atoms with E-state index in [1.165, 1.54) is 0 Å². The standard InChI is InChI=1S/C10H14N2O2/c13-9-8(11-10(14)12-9)6-7-4-2-1-3-5-7/h1-2,7-8H,3-6H2,(H2,11,12,13,14). The molecule has 14 heavy (non-hydrogen) atoms. The summed E-state index contributed by atoms with van der Waals surface area (Å²) in [5, 5.41) is 4.88. The molecule has 0 aromatic heterocycles. The SMILES string of the molecule is O=C1NC(=O)C(CC2CC=CCC2)N1. The van der Waals surface area contributed by atoms with E-state index in [2.05, 4.69) is 22.8 Å². The Morgan fingerprint density at radius 1 is 1.36 bits per heavy atom. The predicted molar refractivity (Wildman–Crippen MR) is 51.6 cm³/mol. The van der Waals surface area contributed by atoms with Gasteiger partial charge in [0.05, 0.1) is 0 Å². The van der Waals surface area contributed by atoms with Gasteiger partial charge in [-0.15, -0.1) is 0 Å². The quantitative estimate of drug-likeness (QED) is 0.507. The molecular formula is C10H14N2O2. The summed E-state index contributed by atoms with van der Waals surface area (Å²) in [5.74, 6) is 0.360. The van der Waals surface area contributed by atoms with Crippen molar-refractivity contribution in [1.29, 1.82) is 0 Å². The summed E-state index contributed by atoms with van der Waals surface area (Å²) in [6.07, 6.45) is 8.33. The molecule has 1 aliphatic heterocycles. The summed E-state index contributed by atoms with van der Waals surface area (Å²) in [5.41, 5.74) is 0. The maximum atomic E-state index is 11.2. The largest absolute Gasteiger partial charge is 0.326 e. The summed E-state index contributed by atoms with van der Waals surface area (Å²) < 4.78 is 0. The molecule has 1 aliphatic carbocycles. The molecule has 1 saturated heterocycles. The Morgan fingerprint density at radius 3 is 2.79 bits per heavy atom. The average molecular weight is 194 g/mol. The van der Waals surface area contributed by atoms with Crippen LogP contribution in [0.5, 0.6) is 0 Å². The van der Waals surface area contributed by atoms with Crippen LogP contribution >= 0.6 is 0 Å². The van der Waals surface area contributed by atoms with Crippen molar-refractivity contribution in [1.82, 2.24) is 10.6 Å². The summed E-state index contributed by atoms with van der Waals surface area (Å²) in [6.45, 7) is 0. The van der Waals surface area contributed by atoms with E-state index in [0.29, 0.717) is 5.92 Å². The van der Waals surface area contributed by atoms with Crippen LogP contribution < -0.4 is 10.6 Å². The molecule has 4 heteroatoms. The van der Waals surface area contributed by atoms with Gasteiger partial charge >= 0.3 is 6.03 Å². The van der Waals surface area contributed by atoms with Crippen LogP contribution in [0, 0.1) is 5.92 Å². The predicted octanol–water partition coefficient (Wildman–Crippen LogP) is 0.941. The van der Waals surface area contributed by atoms with Gasteiger partial charge in [0.2, 0.25) is 0 Å². The number of urea groups is 1. The molecule has 2 rings (SSSR count). The molecule has 4 nitrogen and oxygen atoms in total. The van der Waals surface area contributed by atoms with Crippen LogP contribution in [0.4, 0.5) is 4.79 Å². The van der Waals surface area contributed by atoms with Crippen molar-refractivity contribution in [2.45, 2.75) is 31.7 Å². The Balaban J connectivity index is 1.88. The van der Waals surface area contributed by atoms with Gasteiger partial charge in [0.25, 0.3) is 5.91 Å². The Morgan fingerprint density at radius 2 is 2.21 bits per heavy atom. The fourth-order valence-corrected chi connectivity index (χ4v) is 2.03. The maximum Gasteiger partial charge on any atom is 0.322 e. The van der Waals surface area contributed by atoms with Crippen molar-refractivity contribution >= 4 is 11.9 Å². The third kappa shape index (κ3) is 1.95. The van der Waals surface area contributed by atoms with E-state index in [9.17, 15) is 9.59 Å². The first kappa shape index (κ1) is 9.24. The van der Waals surface area contributed by atoms with E-state index >= 15 is 0 Å². The van der Waals surface area contributed by atoms with Gasteiger partial charge in [-0.2, -0.15) is 0 Å². The number of amides is 3. The van der Waals surface area contributed by atoms with E-state index in [-0.39, 0.29) is 18.0 Å². The number of rotatable bonds is 2. The molecule has 0 aromatic rings. The Hall–Kier alpha value is -1.32.